The molecule has 17 heavy (non-hydrogen) atoms. The summed E-state index contributed by atoms with van der Waals surface area (Å²) in [7, 11) is -0.682. The lowest BCUT2D eigenvalue weighted by molar-refractivity contribution is 0.320. The third-order valence-corrected chi connectivity index (χ3v) is 6.32. The van der Waals surface area contributed by atoms with Crippen molar-refractivity contribution in [2.75, 3.05) is 12.8 Å². The zero-order valence-electron chi connectivity index (χ0n) is 11.1. The second-order valence-corrected chi connectivity index (χ2v) is 7.38. The van der Waals surface area contributed by atoms with Gasteiger partial charge in [-0.2, -0.15) is 0 Å². The van der Waals surface area contributed by atoms with Gasteiger partial charge in [-0.05, 0) is 38.0 Å². The molecule has 2 aliphatic carbocycles. The first kappa shape index (κ1) is 13.3. The Morgan fingerprint density at radius 1 is 1.35 bits per heavy atom. The Labute approximate surface area is 108 Å². The summed E-state index contributed by atoms with van der Waals surface area (Å²) in [5.74, 6) is 0.783. The van der Waals surface area contributed by atoms with Gasteiger partial charge in [-0.3, -0.25) is 4.21 Å². The maximum Gasteiger partial charge on any atom is 0.0580 e. The van der Waals surface area contributed by atoms with E-state index in [9.17, 15) is 4.21 Å². The summed E-state index contributed by atoms with van der Waals surface area (Å²) < 4.78 is 11.9. The second-order valence-electron chi connectivity index (χ2n) is 5.61. The van der Waals surface area contributed by atoms with Crippen LogP contribution in [0, 0.1) is 5.92 Å². The van der Waals surface area contributed by atoms with Crippen LogP contribution in [0.5, 0.6) is 0 Å². The Kier molecular flexibility index (Phi) is 4.42. The monoisotopic (exact) mass is 255 g/mol. The van der Waals surface area contributed by atoms with E-state index in [-0.39, 0.29) is 4.75 Å². The molecule has 2 rings (SSSR count). The van der Waals surface area contributed by atoms with Gasteiger partial charge in [0.2, 0.25) is 0 Å². The maximum atomic E-state index is 11.8. The summed E-state index contributed by atoms with van der Waals surface area (Å²) in [4.78, 5) is 0. The van der Waals surface area contributed by atoms with Crippen LogP contribution in [0.1, 0.15) is 45.4 Å². The largest absolute Gasteiger partial charge is 0.309 e. The fraction of sp³-hybridized carbons (Fsp3) is 0.857. The van der Waals surface area contributed by atoms with E-state index in [1.165, 1.54) is 25.7 Å². The Balaban J connectivity index is 1.81. The maximum absolute atomic E-state index is 11.8. The molecule has 0 saturated heterocycles. The molecular formula is C14H25NOS. The van der Waals surface area contributed by atoms with Crippen LogP contribution in [0.2, 0.25) is 0 Å². The first-order valence-electron chi connectivity index (χ1n) is 6.91. The molecule has 0 aliphatic heterocycles. The number of nitrogens with one attached hydrogen (secondary N) is 1. The average molecular weight is 255 g/mol. The van der Waals surface area contributed by atoms with Gasteiger partial charge in [-0.1, -0.05) is 25.5 Å². The van der Waals surface area contributed by atoms with Crippen LogP contribution < -0.4 is 5.32 Å². The van der Waals surface area contributed by atoms with Gasteiger partial charge in [-0.15, -0.1) is 0 Å². The highest BCUT2D eigenvalue weighted by Gasteiger charge is 2.40. The molecule has 98 valence electrons. The van der Waals surface area contributed by atoms with Gasteiger partial charge >= 0.3 is 0 Å². The van der Waals surface area contributed by atoms with Gasteiger partial charge in [0.05, 0.1) is 4.75 Å². The number of allylic oxidation sites excluding steroid dienone is 1. The summed E-state index contributed by atoms with van der Waals surface area (Å²) >= 11 is 0. The van der Waals surface area contributed by atoms with Gasteiger partial charge in [0.25, 0.3) is 0 Å². The molecule has 3 unspecified atom stereocenters. The molecule has 0 heterocycles. The molecule has 2 aliphatic rings. The predicted octanol–water partition coefficient (Wildman–Crippen LogP) is 2.62. The molecular weight excluding hydrogens is 230 g/mol. The summed E-state index contributed by atoms with van der Waals surface area (Å²) in [6.45, 7) is 3.19. The Bertz CT molecular complexity index is 309. The van der Waals surface area contributed by atoms with Gasteiger partial charge in [0.15, 0.2) is 0 Å². The van der Waals surface area contributed by atoms with E-state index in [2.05, 4.69) is 24.4 Å². The molecule has 1 saturated carbocycles. The normalized spacial score (nSPS) is 33.1. The molecule has 0 spiro atoms. The van der Waals surface area contributed by atoms with Crippen molar-refractivity contribution in [2.45, 2.75) is 56.2 Å². The number of rotatable bonds is 5. The molecule has 1 N–H and O–H groups in total. The van der Waals surface area contributed by atoms with E-state index in [1.54, 1.807) is 0 Å². The van der Waals surface area contributed by atoms with Crippen molar-refractivity contribution in [3.8, 4) is 0 Å². The second kappa shape index (κ2) is 5.66. The topological polar surface area (TPSA) is 29.1 Å². The summed E-state index contributed by atoms with van der Waals surface area (Å²) in [5.41, 5.74) is 0. The SMILES string of the molecule is CCC1C=CC(NCC2(S(C)=O)CCC2)CC1. The highest BCUT2D eigenvalue weighted by molar-refractivity contribution is 7.85. The summed E-state index contributed by atoms with van der Waals surface area (Å²) in [5, 5.41) is 3.61. The highest BCUT2D eigenvalue weighted by Crippen LogP contribution is 2.36. The molecule has 1 fully saturated rings. The smallest absolute Gasteiger partial charge is 0.0580 e. The van der Waals surface area contributed by atoms with Gasteiger partial charge in [0, 0.05) is 29.6 Å². The molecule has 0 radical (unpaired) electrons. The van der Waals surface area contributed by atoms with Gasteiger partial charge in [-0.25, -0.2) is 0 Å². The first-order chi connectivity index (χ1) is 8.16. The van der Waals surface area contributed by atoms with Gasteiger partial charge in [0.1, 0.15) is 0 Å². The van der Waals surface area contributed by atoms with Crippen LogP contribution in [0.4, 0.5) is 0 Å². The molecule has 0 aromatic heterocycles. The molecule has 2 nitrogen and oxygen atoms in total. The van der Waals surface area contributed by atoms with Crippen LogP contribution in [0.3, 0.4) is 0 Å². The van der Waals surface area contributed by atoms with E-state index in [1.807, 2.05) is 6.26 Å². The van der Waals surface area contributed by atoms with E-state index in [0.717, 1.165) is 25.3 Å². The zero-order chi connectivity index (χ0) is 12.3. The third kappa shape index (κ3) is 3.00. The van der Waals surface area contributed by atoms with Crippen LogP contribution in [-0.4, -0.2) is 27.8 Å². The first-order valence-corrected chi connectivity index (χ1v) is 8.47. The predicted molar refractivity (Wildman–Crippen MR) is 74.6 cm³/mol. The van der Waals surface area contributed by atoms with Crippen LogP contribution in [-0.2, 0) is 10.8 Å². The third-order valence-electron chi connectivity index (χ3n) is 4.55. The standard InChI is InChI=1S/C14H25NOS/c1-3-12-5-7-13(8-6-12)15-11-14(17(2)16)9-4-10-14/h5,7,12-13,15H,3-4,6,8-11H2,1-2H3. The number of hydrogen-bond acceptors (Lipinski definition) is 2. The lowest BCUT2D eigenvalue weighted by Gasteiger charge is -2.41. The van der Waals surface area contributed by atoms with E-state index >= 15 is 0 Å². The van der Waals surface area contributed by atoms with E-state index in [0.29, 0.717) is 6.04 Å². The molecule has 0 bridgehead atoms. The number of hydrogen-bond donors (Lipinski definition) is 1. The fourth-order valence-corrected chi connectivity index (χ4v) is 3.99. The summed E-state index contributed by atoms with van der Waals surface area (Å²) in [6.07, 6.45) is 13.9. The lowest BCUT2D eigenvalue weighted by Crippen LogP contribution is -2.51. The van der Waals surface area contributed by atoms with E-state index in [4.69, 9.17) is 0 Å². The Morgan fingerprint density at radius 3 is 2.53 bits per heavy atom. The Morgan fingerprint density at radius 2 is 2.12 bits per heavy atom. The van der Waals surface area contributed by atoms with Crippen molar-refractivity contribution in [3.05, 3.63) is 12.2 Å². The molecule has 3 atom stereocenters. The van der Waals surface area contributed by atoms with Crippen LogP contribution >= 0.6 is 0 Å². The Hall–Kier alpha value is -0.150. The van der Waals surface area contributed by atoms with Crippen molar-refractivity contribution in [1.29, 1.82) is 0 Å². The molecule has 0 aromatic rings. The minimum atomic E-state index is -0.682. The summed E-state index contributed by atoms with van der Waals surface area (Å²) in [6, 6.07) is 0.513. The fourth-order valence-electron chi connectivity index (χ4n) is 2.84. The quantitative estimate of drug-likeness (QED) is 0.765. The van der Waals surface area contributed by atoms with Crippen molar-refractivity contribution in [1.82, 2.24) is 5.32 Å². The van der Waals surface area contributed by atoms with E-state index < -0.39 is 10.8 Å². The molecule has 0 amide bonds. The van der Waals surface area contributed by atoms with Crippen molar-refractivity contribution in [2.24, 2.45) is 5.92 Å². The minimum absolute atomic E-state index is 0.0927. The van der Waals surface area contributed by atoms with Crippen molar-refractivity contribution in [3.63, 3.8) is 0 Å². The van der Waals surface area contributed by atoms with Crippen molar-refractivity contribution < 1.29 is 4.21 Å². The molecule has 0 aromatic carbocycles. The van der Waals surface area contributed by atoms with Gasteiger partial charge < -0.3 is 5.32 Å². The van der Waals surface area contributed by atoms with Crippen molar-refractivity contribution >= 4 is 10.8 Å². The zero-order valence-corrected chi connectivity index (χ0v) is 11.9. The molecule has 3 heteroatoms. The average Bonchev–Trinajstić information content (AvgIpc) is 2.28. The lowest BCUT2D eigenvalue weighted by atomic mass is 9.83. The van der Waals surface area contributed by atoms with Crippen LogP contribution in [0.25, 0.3) is 0 Å². The van der Waals surface area contributed by atoms with Crippen LogP contribution in [0.15, 0.2) is 12.2 Å². The highest BCUT2D eigenvalue weighted by atomic mass is 32.2. The minimum Gasteiger partial charge on any atom is -0.309 e.